The van der Waals surface area contributed by atoms with Gasteiger partial charge in [-0.2, -0.15) is 5.26 Å². The molecule has 0 aliphatic carbocycles. The molecule has 2 N–H and O–H groups in total. The molecule has 0 saturated heterocycles. The molecule has 0 unspecified atom stereocenters. The normalized spacial score (nSPS) is 10.7. The second-order valence-corrected chi connectivity index (χ2v) is 4.93. The summed E-state index contributed by atoms with van der Waals surface area (Å²) in [5.74, 6) is 0.336. The summed E-state index contributed by atoms with van der Waals surface area (Å²) in [5.41, 5.74) is 9.72. The summed E-state index contributed by atoms with van der Waals surface area (Å²) in [6, 6.07) is 13.2. The lowest BCUT2D eigenvalue weighted by molar-refractivity contribution is 1.11. The molecule has 4 nitrogen and oxygen atoms in total. The second kappa shape index (κ2) is 4.55. The maximum atomic E-state index is 9.13. The number of imidazole rings is 1. The van der Waals surface area contributed by atoms with Crippen molar-refractivity contribution in [2.45, 2.75) is 6.92 Å². The molecule has 0 fully saturated rings. The number of nitriles is 1. The lowest BCUT2D eigenvalue weighted by atomic mass is 10.2. The van der Waals surface area contributed by atoms with Gasteiger partial charge in [0, 0.05) is 5.02 Å². The Balaban J connectivity index is 2.34. The third-order valence-corrected chi connectivity index (χ3v) is 3.65. The van der Waals surface area contributed by atoms with E-state index >= 15 is 0 Å². The Labute approximate surface area is 121 Å². The largest absolute Gasteiger partial charge is 0.369 e. The number of rotatable bonds is 1. The molecular formula is C15H11ClN4. The van der Waals surface area contributed by atoms with Gasteiger partial charge in [0.1, 0.15) is 11.6 Å². The van der Waals surface area contributed by atoms with Crippen molar-refractivity contribution < 1.29 is 0 Å². The van der Waals surface area contributed by atoms with Crippen LogP contribution in [0.15, 0.2) is 36.4 Å². The molecule has 0 aliphatic rings. The molecule has 3 aromatic rings. The van der Waals surface area contributed by atoms with Gasteiger partial charge in [0.2, 0.25) is 5.95 Å². The standard InChI is InChI=1S/C15H11ClN4/c1-9-5-6-11(7-12(9)16)20-13-4-2-3-10(8-17)14(13)19-15(20)18/h2-7H,1H3,(H2,18,19). The molecule has 1 aromatic heterocycles. The van der Waals surface area contributed by atoms with E-state index in [0.717, 1.165) is 16.8 Å². The summed E-state index contributed by atoms with van der Waals surface area (Å²) in [6.45, 7) is 1.94. The second-order valence-electron chi connectivity index (χ2n) is 4.52. The summed E-state index contributed by atoms with van der Waals surface area (Å²) in [4.78, 5) is 4.29. The van der Waals surface area contributed by atoms with E-state index < -0.39 is 0 Å². The highest BCUT2D eigenvalue weighted by Gasteiger charge is 2.13. The first-order chi connectivity index (χ1) is 9.61. The SMILES string of the molecule is Cc1ccc(-n2c(N)nc3c(C#N)cccc32)cc1Cl. The minimum Gasteiger partial charge on any atom is -0.369 e. The van der Waals surface area contributed by atoms with Crippen LogP contribution in [0.2, 0.25) is 5.02 Å². The Bertz CT molecular complexity index is 858. The fraction of sp³-hybridized carbons (Fsp3) is 0.0667. The zero-order chi connectivity index (χ0) is 14.3. The van der Waals surface area contributed by atoms with Crippen LogP contribution < -0.4 is 5.73 Å². The molecule has 5 heteroatoms. The molecule has 20 heavy (non-hydrogen) atoms. The van der Waals surface area contributed by atoms with E-state index in [-0.39, 0.29) is 0 Å². The average molecular weight is 283 g/mol. The quantitative estimate of drug-likeness (QED) is 0.743. The number of nitrogens with two attached hydrogens (primary N) is 1. The predicted molar refractivity (Wildman–Crippen MR) is 79.9 cm³/mol. The summed E-state index contributed by atoms with van der Waals surface area (Å²) in [7, 11) is 0. The highest BCUT2D eigenvalue weighted by Crippen LogP contribution is 2.27. The lowest BCUT2D eigenvalue weighted by Crippen LogP contribution is -2.00. The van der Waals surface area contributed by atoms with Crippen molar-refractivity contribution >= 4 is 28.6 Å². The van der Waals surface area contributed by atoms with Crippen molar-refractivity contribution in [3.63, 3.8) is 0 Å². The number of para-hydroxylation sites is 1. The number of benzene rings is 2. The molecule has 0 atom stereocenters. The zero-order valence-corrected chi connectivity index (χ0v) is 11.5. The van der Waals surface area contributed by atoms with Crippen LogP contribution in [0.1, 0.15) is 11.1 Å². The van der Waals surface area contributed by atoms with Gasteiger partial charge in [-0.1, -0.05) is 23.7 Å². The first-order valence-corrected chi connectivity index (χ1v) is 6.43. The number of nitrogens with zero attached hydrogens (tertiary/aromatic N) is 3. The molecule has 0 radical (unpaired) electrons. The van der Waals surface area contributed by atoms with Gasteiger partial charge < -0.3 is 5.73 Å². The van der Waals surface area contributed by atoms with E-state index in [1.807, 2.05) is 37.3 Å². The Morgan fingerprint density at radius 2 is 2.10 bits per heavy atom. The summed E-state index contributed by atoms with van der Waals surface area (Å²) >= 11 is 6.17. The van der Waals surface area contributed by atoms with Crippen LogP contribution >= 0.6 is 11.6 Å². The Kier molecular flexibility index (Phi) is 2.85. The third kappa shape index (κ3) is 1.80. The fourth-order valence-electron chi connectivity index (χ4n) is 2.20. The fourth-order valence-corrected chi connectivity index (χ4v) is 2.37. The predicted octanol–water partition coefficient (Wildman–Crippen LogP) is 3.44. The number of fused-ring (bicyclic) bond motifs is 1. The molecular weight excluding hydrogens is 272 g/mol. The van der Waals surface area contributed by atoms with Crippen molar-refractivity contribution in [2.24, 2.45) is 0 Å². The number of anilines is 1. The van der Waals surface area contributed by atoms with Crippen LogP contribution in [0.25, 0.3) is 16.7 Å². The summed E-state index contributed by atoms with van der Waals surface area (Å²) < 4.78 is 1.79. The molecule has 0 amide bonds. The van der Waals surface area contributed by atoms with E-state index in [1.54, 1.807) is 10.6 Å². The van der Waals surface area contributed by atoms with Gasteiger partial charge in [0.15, 0.2) is 0 Å². The number of nitrogen functional groups attached to an aromatic ring is 1. The van der Waals surface area contributed by atoms with E-state index in [1.165, 1.54) is 0 Å². The van der Waals surface area contributed by atoms with Crippen LogP contribution in [0.5, 0.6) is 0 Å². The number of aromatic nitrogens is 2. The monoisotopic (exact) mass is 282 g/mol. The first kappa shape index (κ1) is 12.5. The maximum Gasteiger partial charge on any atom is 0.205 e. The molecule has 2 aromatic carbocycles. The van der Waals surface area contributed by atoms with Gasteiger partial charge in [0.05, 0.1) is 16.8 Å². The number of aryl methyl sites for hydroxylation is 1. The number of hydrogen-bond acceptors (Lipinski definition) is 3. The van der Waals surface area contributed by atoms with Gasteiger partial charge in [-0.3, -0.25) is 4.57 Å². The molecule has 3 rings (SSSR count). The smallest absolute Gasteiger partial charge is 0.205 e. The van der Waals surface area contributed by atoms with Gasteiger partial charge >= 0.3 is 0 Å². The molecule has 1 heterocycles. The highest BCUT2D eigenvalue weighted by atomic mass is 35.5. The van der Waals surface area contributed by atoms with E-state index in [9.17, 15) is 0 Å². The minimum absolute atomic E-state index is 0.336. The maximum absolute atomic E-state index is 9.13. The molecule has 0 bridgehead atoms. The Morgan fingerprint density at radius 1 is 1.30 bits per heavy atom. The van der Waals surface area contributed by atoms with Gasteiger partial charge in [-0.25, -0.2) is 4.98 Å². The first-order valence-electron chi connectivity index (χ1n) is 6.05. The van der Waals surface area contributed by atoms with Gasteiger partial charge in [0.25, 0.3) is 0 Å². The third-order valence-electron chi connectivity index (χ3n) is 3.25. The van der Waals surface area contributed by atoms with E-state index in [4.69, 9.17) is 22.6 Å². The Morgan fingerprint density at radius 3 is 2.80 bits per heavy atom. The van der Waals surface area contributed by atoms with Crippen molar-refractivity contribution in [3.05, 3.63) is 52.5 Å². The Hall–Kier alpha value is -2.51. The molecule has 0 spiro atoms. The topological polar surface area (TPSA) is 67.6 Å². The summed E-state index contributed by atoms with van der Waals surface area (Å²) in [6.07, 6.45) is 0. The lowest BCUT2D eigenvalue weighted by Gasteiger charge is -2.08. The van der Waals surface area contributed by atoms with Crippen molar-refractivity contribution in [1.82, 2.24) is 9.55 Å². The molecule has 98 valence electrons. The van der Waals surface area contributed by atoms with Gasteiger partial charge in [-0.05, 0) is 36.8 Å². The van der Waals surface area contributed by atoms with Crippen molar-refractivity contribution in [2.75, 3.05) is 5.73 Å². The van der Waals surface area contributed by atoms with Crippen LogP contribution in [-0.2, 0) is 0 Å². The van der Waals surface area contributed by atoms with Crippen molar-refractivity contribution in [1.29, 1.82) is 5.26 Å². The molecule has 0 saturated carbocycles. The summed E-state index contributed by atoms with van der Waals surface area (Å²) in [5, 5.41) is 9.79. The van der Waals surface area contributed by atoms with Crippen LogP contribution in [0.4, 0.5) is 5.95 Å². The van der Waals surface area contributed by atoms with Crippen LogP contribution in [0, 0.1) is 18.3 Å². The van der Waals surface area contributed by atoms with E-state index in [0.29, 0.717) is 22.1 Å². The van der Waals surface area contributed by atoms with Gasteiger partial charge in [-0.15, -0.1) is 0 Å². The molecule has 0 aliphatic heterocycles. The highest BCUT2D eigenvalue weighted by molar-refractivity contribution is 6.31. The number of halogens is 1. The van der Waals surface area contributed by atoms with Crippen LogP contribution in [-0.4, -0.2) is 9.55 Å². The number of hydrogen-bond donors (Lipinski definition) is 1. The van der Waals surface area contributed by atoms with E-state index in [2.05, 4.69) is 11.1 Å². The van der Waals surface area contributed by atoms with Crippen molar-refractivity contribution in [3.8, 4) is 11.8 Å². The average Bonchev–Trinajstić information content (AvgIpc) is 2.78. The minimum atomic E-state index is 0.336. The van der Waals surface area contributed by atoms with Crippen LogP contribution in [0.3, 0.4) is 0 Å². The zero-order valence-electron chi connectivity index (χ0n) is 10.8.